The summed E-state index contributed by atoms with van der Waals surface area (Å²) in [7, 11) is 0. The van der Waals surface area contributed by atoms with Crippen molar-refractivity contribution in [3.63, 3.8) is 0 Å². The third-order valence-electron chi connectivity index (χ3n) is 9.55. The summed E-state index contributed by atoms with van der Waals surface area (Å²) < 4.78 is 0. The summed E-state index contributed by atoms with van der Waals surface area (Å²) in [6, 6.07) is 0. The van der Waals surface area contributed by atoms with E-state index in [1.807, 2.05) is 0 Å². The lowest BCUT2D eigenvalue weighted by atomic mass is 9.44. The number of hydrogen-bond donors (Lipinski definition) is 1. The second kappa shape index (κ2) is 5.35. The van der Waals surface area contributed by atoms with Crippen molar-refractivity contribution >= 4 is 0 Å². The van der Waals surface area contributed by atoms with Gasteiger partial charge in [-0.05, 0) is 112 Å². The summed E-state index contributed by atoms with van der Waals surface area (Å²) in [5, 5.41) is 10.6. The van der Waals surface area contributed by atoms with E-state index in [4.69, 9.17) is 0 Å². The number of hydrogen-bond acceptors (Lipinski definition) is 1. The van der Waals surface area contributed by atoms with Gasteiger partial charge in [0.05, 0.1) is 5.60 Å². The lowest BCUT2D eigenvalue weighted by Crippen LogP contribution is -2.55. The second-order valence-corrected chi connectivity index (χ2v) is 10.9. The van der Waals surface area contributed by atoms with Gasteiger partial charge in [-0.3, -0.25) is 0 Å². The molecule has 0 spiro atoms. The van der Waals surface area contributed by atoms with Crippen LogP contribution in [-0.2, 0) is 0 Å². The van der Waals surface area contributed by atoms with Crippen molar-refractivity contribution in [1.29, 1.82) is 0 Å². The Morgan fingerprint density at radius 2 is 1.58 bits per heavy atom. The first-order valence-corrected chi connectivity index (χ1v) is 10.6. The van der Waals surface area contributed by atoms with E-state index >= 15 is 0 Å². The Kier molecular flexibility index (Phi) is 3.82. The van der Waals surface area contributed by atoms with E-state index in [-0.39, 0.29) is 0 Å². The molecular weight excluding hydrogens is 292 g/mol. The smallest absolute Gasteiger partial charge is 0.0622 e. The predicted octanol–water partition coefficient (Wildman–Crippen LogP) is 5.97. The first kappa shape index (κ1) is 17.1. The van der Waals surface area contributed by atoms with Crippen LogP contribution in [0.5, 0.6) is 0 Å². The van der Waals surface area contributed by atoms with Gasteiger partial charge in [-0.25, -0.2) is 0 Å². The normalized spacial score (nSPS) is 57.0. The molecule has 8 atom stereocenters. The van der Waals surface area contributed by atoms with Crippen LogP contribution in [0.3, 0.4) is 0 Å². The molecule has 1 nitrogen and oxygen atoms in total. The minimum Gasteiger partial charge on any atom is -0.390 e. The van der Waals surface area contributed by atoms with Crippen LogP contribution >= 0.6 is 0 Å². The van der Waals surface area contributed by atoms with Gasteiger partial charge in [0.15, 0.2) is 0 Å². The van der Waals surface area contributed by atoms with E-state index in [1.165, 1.54) is 50.5 Å². The maximum absolute atomic E-state index is 10.6. The number of aliphatic hydroxyl groups is 1. The number of allylic oxidation sites excluding steroid dienone is 1. The molecule has 4 rings (SSSR count). The molecule has 4 aliphatic carbocycles. The third-order valence-corrected chi connectivity index (χ3v) is 9.55. The molecule has 0 amide bonds. The average Bonchev–Trinajstić information content (AvgIpc) is 2.85. The maximum atomic E-state index is 10.6. The van der Waals surface area contributed by atoms with E-state index in [0.29, 0.717) is 10.8 Å². The van der Waals surface area contributed by atoms with Gasteiger partial charge in [-0.15, -0.1) is 0 Å². The molecule has 24 heavy (non-hydrogen) atoms. The Morgan fingerprint density at radius 1 is 0.875 bits per heavy atom. The first-order chi connectivity index (χ1) is 11.2. The molecule has 0 aromatic heterocycles. The highest BCUT2D eigenvalue weighted by Crippen LogP contribution is 2.68. The Labute approximate surface area is 149 Å². The summed E-state index contributed by atoms with van der Waals surface area (Å²) >= 11 is 0. The standard InChI is InChI=1S/C23H38O/c1-15(2)18-8-9-19-17-7-6-16-14-21(3,24)12-13-22(16,4)20(17)10-11-23(18,19)5/h16-20,24H,1,6-14H2,2-5H3/t16?,17?,18?,19?,20?,21-,22?,23?/m1/s1. The molecule has 0 heterocycles. The zero-order valence-corrected chi connectivity index (χ0v) is 16.4. The largest absolute Gasteiger partial charge is 0.390 e. The van der Waals surface area contributed by atoms with Crippen molar-refractivity contribution in [1.82, 2.24) is 0 Å². The molecule has 0 saturated heterocycles. The van der Waals surface area contributed by atoms with Gasteiger partial charge in [-0.1, -0.05) is 26.0 Å². The van der Waals surface area contributed by atoms with E-state index in [2.05, 4.69) is 34.3 Å². The quantitative estimate of drug-likeness (QED) is 0.587. The SMILES string of the molecule is C=C(C)C1CCC2C3CCC4C[C@](C)(O)CCC4(C)C3CCC12C. The zero-order chi connectivity index (χ0) is 17.3. The average molecular weight is 331 g/mol. The van der Waals surface area contributed by atoms with Gasteiger partial charge in [0.2, 0.25) is 0 Å². The molecule has 4 saturated carbocycles. The molecule has 0 radical (unpaired) electrons. The zero-order valence-electron chi connectivity index (χ0n) is 16.4. The van der Waals surface area contributed by atoms with Crippen LogP contribution < -0.4 is 0 Å². The van der Waals surface area contributed by atoms with Crippen molar-refractivity contribution in [2.75, 3.05) is 0 Å². The van der Waals surface area contributed by atoms with Crippen molar-refractivity contribution < 1.29 is 5.11 Å². The fourth-order valence-electron chi connectivity index (χ4n) is 8.24. The summed E-state index contributed by atoms with van der Waals surface area (Å²) in [4.78, 5) is 0. The van der Waals surface area contributed by atoms with Crippen LogP contribution in [0, 0.1) is 40.4 Å². The van der Waals surface area contributed by atoms with E-state index in [1.54, 1.807) is 0 Å². The molecule has 1 N–H and O–H groups in total. The maximum Gasteiger partial charge on any atom is 0.0622 e. The summed E-state index contributed by atoms with van der Waals surface area (Å²) in [6.07, 6.45) is 11.7. The van der Waals surface area contributed by atoms with Crippen molar-refractivity contribution in [2.45, 2.75) is 91.1 Å². The number of rotatable bonds is 1. The fraction of sp³-hybridized carbons (Fsp3) is 0.913. The molecule has 0 aromatic rings. The predicted molar refractivity (Wildman–Crippen MR) is 101 cm³/mol. The molecule has 7 unspecified atom stereocenters. The summed E-state index contributed by atoms with van der Waals surface area (Å²) in [6.45, 7) is 13.9. The van der Waals surface area contributed by atoms with Gasteiger partial charge in [0.1, 0.15) is 0 Å². The Morgan fingerprint density at radius 3 is 2.29 bits per heavy atom. The minimum atomic E-state index is -0.404. The van der Waals surface area contributed by atoms with Crippen molar-refractivity contribution in [3.05, 3.63) is 12.2 Å². The second-order valence-electron chi connectivity index (χ2n) is 10.9. The van der Waals surface area contributed by atoms with E-state index < -0.39 is 5.60 Å². The van der Waals surface area contributed by atoms with Crippen LogP contribution in [0.25, 0.3) is 0 Å². The highest BCUT2D eigenvalue weighted by molar-refractivity contribution is 5.15. The van der Waals surface area contributed by atoms with Crippen LogP contribution in [0.15, 0.2) is 12.2 Å². The Bertz CT molecular complexity index is 534. The van der Waals surface area contributed by atoms with Crippen LogP contribution in [0.4, 0.5) is 0 Å². The Hall–Kier alpha value is -0.300. The van der Waals surface area contributed by atoms with Gasteiger partial charge >= 0.3 is 0 Å². The lowest BCUT2D eigenvalue weighted by Gasteiger charge is -2.62. The molecule has 1 heteroatoms. The topological polar surface area (TPSA) is 20.2 Å². The van der Waals surface area contributed by atoms with E-state index in [9.17, 15) is 5.11 Å². The third kappa shape index (κ3) is 2.29. The highest BCUT2D eigenvalue weighted by Gasteiger charge is 2.60. The number of fused-ring (bicyclic) bond motifs is 5. The highest BCUT2D eigenvalue weighted by atomic mass is 16.3. The van der Waals surface area contributed by atoms with Crippen LogP contribution in [0.2, 0.25) is 0 Å². The molecule has 4 aliphatic rings. The monoisotopic (exact) mass is 330 g/mol. The molecule has 0 bridgehead atoms. The van der Waals surface area contributed by atoms with E-state index in [0.717, 1.165) is 42.4 Å². The summed E-state index contributed by atoms with van der Waals surface area (Å²) in [5.74, 6) is 4.30. The summed E-state index contributed by atoms with van der Waals surface area (Å²) in [5.41, 5.74) is 2.05. The lowest BCUT2D eigenvalue weighted by molar-refractivity contribution is -0.144. The van der Waals surface area contributed by atoms with Crippen LogP contribution in [-0.4, -0.2) is 10.7 Å². The fourth-order valence-corrected chi connectivity index (χ4v) is 8.24. The van der Waals surface area contributed by atoms with Gasteiger partial charge in [0, 0.05) is 0 Å². The molecule has 4 fully saturated rings. The molecule has 136 valence electrons. The van der Waals surface area contributed by atoms with Crippen molar-refractivity contribution in [3.8, 4) is 0 Å². The van der Waals surface area contributed by atoms with Crippen LogP contribution in [0.1, 0.15) is 85.5 Å². The van der Waals surface area contributed by atoms with Gasteiger partial charge in [-0.2, -0.15) is 0 Å². The first-order valence-electron chi connectivity index (χ1n) is 10.6. The minimum absolute atomic E-state index is 0.404. The Balaban J connectivity index is 1.61. The molecule has 0 aromatic carbocycles. The van der Waals surface area contributed by atoms with Gasteiger partial charge < -0.3 is 5.11 Å². The molecule has 0 aliphatic heterocycles. The van der Waals surface area contributed by atoms with Crippen molar-refractivity contribution in [2.24, 2.45) is 40.4 Å². The van der Waals surface area contributed by atoms with Gasteiger partial charge in [0.25, 0.3) is 0 Å². The molecular formula is C23H38O.